The minimum absolute atomic E-state index is 0.277. The van der Waals surface area contributed by atoms with Gasteiger partial charge in [0.05, 0.1) is 20.2 Å². The van der Waals surface area contributed by atoms with E-state index in [4.69, 9.17) is 14.5 Å². The minimum Gasteiger partial charge on any atom is -0.497 e. The number of aryl methyl sites for hydroxylation is 1. The molecule has 3 rings (SSSR count). The predicted molar refractivity (Wildman–Crippen MR) is 127 cm³/mol. The summed E-state index contributed by atoms with van der Waals surface area (Å²) in [7, 11) is 3.66. The number of ether oxygens (including phenoxy) is 2. The Hall–Kier alpha value is -2.61. The fraction of sp³-hybridized carbons (Fsp3) is 0.625. The summed E-state index contributed by atoms with van der Waals surface area (Å²) < 4.78 is 12.9. The highest BCUT2D eigenvalue weighted by molar-refractivity contribution is 5.79. The highest BCUT2D eigenvalue weighted by atomic mass is 16.5. The average Bonchev–Trinajstić information content (AvgIpc) is 3.41. The molecule has 1 fully saturated rings. The Labute approximate surface area is 191 Å². The first-order chi connectivity index (χ1) is 15.5. The molecule has 32 heavy (non-hydrogen) atoms. The van der Waals surface area contributed by atoms with Gasteiger partial charge in [-0.05, 0) is 56.2 Å². The van der Waals surface area contributed by atoms with Gasteiger partial charge in [0.25, 0.3) is 0 Å². The number of nitrogens with zero attached hydrogens (tertiary/aromatic N) is 4. The van der Waals surface area contributed by atoms with Crippen LogP contribution in [0, 0.1) is 12.3 Å². The van der Waals surface area contributed by atoms with Crippen molar-refractivity contribution in [3.8, 4) is 5.75 Å². The van der Waals surface area contributed by atoms with Gasteiger partial charge in [-0.15, -0.1) is 10.2 Å². The van der Waals surface area contributed by atoms with Crippen molar-refractivity contribution in [1.29, 1.82) is 0 Å². The summed E-state index contributed by atoms with van der Waals surface area (Å²) in [4.78, 5) is 4.85. The lowest BCUT2D eigenvalue weighted by Gasteiger charge is -2.30. The molecule has 0 spiro atoms. The molecule has 0 atom stereocenters. The lowest BCUT2D eigenvalue weighted by Crippen LogP contribution is -2.43. The normalized spacial score (nSPS) is 15.7. The molecule has 0 bridgehead atoms. The maximum absolute atomic E-state index is 5.67. The lowest BCUT2D eigenvalue weighted by molar-refractivity contribution is 0.105. The van der Waals surface area contributed by atoms with Gasteiger partial charge in [-0.3, -0.25) is 0 Å². The Bertz CT molecular complexity index is 856. The van der Waals surface area contributed by atoms with E-state index in [0.717, 1.165) is 55.1 Å². The maximum Gasteiger partial charge on any atom is 0.191 e. The van der Waals surface area contributed by atoms with Crippen LogP contribution in [-0.4, -0.2) is 47.6 Å². The van der Waals surface area contributed by atoms with E-state index in [1.807, 2.05) is 42.8 Å². The van der Waals surface area contributed by atoms with Crippen LogP contribution >= 0.6 is 0 Å². The quantitative estimate of drug-likeness (QED) is 0.315. The largest absolute Gasteiger partial charge is 0.497 e. The third-order valence-electron chi connectivity index (χ3n) is 6.45. The van der Waals surface area contributed by atoms with Crippen LogP contribution < -0.4 is 15.4 Å². The summed E-state index contributed by atoms with van der Waals surface area (Å²) in [5, 5.41) is 15.5. The smallest absolute Gasteiger partial charge is 0.191 e. The van der Waals surface area contributed by atoms with Crippen molar-refractivity contribution in [2.24, 2.45) is 17.5 Å². The molecule has 1 aliphatic rings. The van der Waals surface area contributed by atoms with Crippen molar-refractivity contribution in [3.05, 3.63) is 41.5 Å². The van der Waals surface area contributed by atoms with E-state index in [9.17, 15) is 0 Å². The second-order valence-electron chi connectivity index (χ2n) is 8.60. The highest BCUT2D eigenvalue weighted by Gasteiger charge is 2.33. The number of nitrogens with one attached hydrogen (secondary N) is 2. The van der Waals surface area contributed by atoms with Gasteiger partial charge in [0.15, 0.2) is 11.8 Å². The summed E-state index contributed by atoms with van der Waals surface area (Å²) in [6.07, 6.45) is 6.14. The van der Waals surface area contributed by atoms with Gasteiger partial charge in [0.2, 0.25) is 0 Å². The number of hydrogen-bond donors (Lipinski definition) is 2. The molecule has 1 saturated carbocycles. The molecule has 0 amide bonds. The van der Waals surface area contributed by atoms with Crippen molar-refractivity contribution < 1.29 is 9.47 Å². The topological polar surface area (TPSA) is 85.6 Å². The molecule has 1 aromatic carbocycles. The molecule has 0 aliphatic heterocycles. The molecule has 0 saturated heterocycles. The Morgan fingerprint density at radius 1 is 1.16 bits per heavy atom. The standard InChI is InChI=1S/C24H38N6O2/c1-5-32-15-14-24(12-6-7-13-24)18-27-23(26-17-22-29-28-19(2)30(22)3)25-16-20-8-10-21(31-4)11-9-20/h8-11H,5-7,12-18H2,1-4H3,(H2,25,26,27). The van der Waals surface area contributed by atoms with Crippen LogP contribution in [0.25, 0.3) is 0 Å². The van der Waals surface area contributed by atoms with Crippen molar-refractivity contribution in [3.63, 3.8) is 0 Å². The zero-order valence-electron chi connectivity index (χ0n) is 20.0. The van der Waals surface area contributed by atoms with Crippen molar-refractivity contribution >= 4 is 5.96 Å². The number of methoxy groups -OCH3 is 1. The van der Waals surface area contributed by atoms with E-state index in [1.165, 1.54) is 25.7 Å². The first-order valence-corrected chi connectivity index (χ1v) is 11.6. The van der Waals surface area contributed by atoms with Gasteiger partial charge < -0.3 is 24.7 Å². The van der Waals surface area contributed by atoms with Crippen molar-refractivity contribution in [2.75, 3.05) is 26.9 Å². The first kappa shape index (κ1) is 24.0. The maximum atomic E-state index is 5.67. The van der Waals surface area contributed by atoms with Gasteiger partial charge in [-0.25, -0.2) is 4.99 Å². The zero-order chi connectivity index (χ0) is 22.8. The number of hydrogen-bond acceptors (Lipinski definition) is 5. The molecular formula is C24H38N6O2. The van der Waals surface area contributed by atoms with Crippen LogP contribution in [0.4, 0.5) is 0 Å². The van der Waals surface area contributed by atoms with Crippen LogP contribution in [0.3, 0.4) is 0 Å². The fourth-order valence-corrected chi connectivity index (χ4v) is 4.19. The van der Waals surface area contributed by atoms with E-state index in [0.29, 0.717) is 13.1 Å². The van der Waals surface area contributed by atoms with Crippen LogP contribution in [0.1, 0.15) is 56.2 Å². The van der Waals surface area contributed by atoms with Crippen molar-refractivity contribution in [2.45, 2.75) is 59.0 Å². The van der Waals surface area contributed by atoms with E-state index >= 15 is 0 Å². The summed E-state index contributed by atoms with van der Waals surface area (Å²) in [6, 6.07) is 8.03. The van der Waals surface area contributed by atoms with Crippen LogP contribution in [0.2, 0.25) is 0 Å². The second kappa shape index (κ2) is 11.9. The first-order valence-electron chi connectivity index (χ1n) is 11.6. The Kier molecular flexibility index (Phi) is 8.90. The molecule has 176 valence electrons. The number of benzene rings is 1. The molecule has 0 unspecified atom stereocenters. The van der Waals surface area contributed by atoms with E-state index in [-0.39, 0.29) is 5.41 Å². The molecule has 2 N–H and O–H groups in total. The van der Waals surface area contributed by atoms with Gasteiger partial charge in [-0.2, -0.15) is 0 Å². The third kappa shape index (κ3) is 6.69. The molecule has 0 radical (unpaired) electrons. The predicted octanol–water partition coefficient (Wildman–Crippen LogP) is 3.35. The Morgan fingerprint density at radius 2 is 1.91 bits per heavy atom. The van der Waals surface area contributed by atoms with E-state index in [1.54, 1.807) is 7.11 Å². The zero-order valence-corrected chi connectivity index (χ0v) is 20.0. The number of rotatable bonds is 11. The second-order valence-corrected chi connectivity index (χ2v) is 8.60. The van der Waals surface area contributed by atoms with Crippen LogP contribution in [-0.2, 0) is 24.9 Å². The fourth-order valence-electron chi connectivity index (χ4n) is 4.19. The summed E-state index contributed by atoms with van der Waals surface area (Å²) in [5.41, 5.74) is 1.41. The van der Waals surface area contributed by atoms with Gasteiger partial charge in [-0.1, -0.05) is 25.0 Å². The summed E-state index contributed by atoms with van der Waals surface area (Å²) in [6.45, 7) is 7.66. The molecule has 8 heteroatoms. The SMILES string of the molecule is CCOCCC1(CNC(=NCc2ccc(OC)cc2)NCc2nnc(C)n2C)CCCC1. The van der Waals surface area contributed by atoms with E-state index < -0.39 is 0 Å². The molecule has 8 nitrogen and oxygen atoms in total. The third-order valence-corrected chi connectivity index (χ3v) is 6.45. The lowest BCUT2D eigenvalue weighted by atomic mass is 9.83. The molecule has 1 heterocycles. The molecular weight excluding hydrogens is 404 g/mol. The van der Waals surface area contributed by atoms with Gasteiger partial charge in [0, 0.05) is 26.8 Å². The Balaban J connectivity index is 1.67. The molecule has 1 aromatic heterocycles. The van der Waals surface area contributed by atoms with E-state index in [2.05, 4.69) is 27.8 Å². The van der Waals surface area contributed by atoms with Crippen molar-refractivity contribution in [1.82, 2.24) is 25.4 Å². The number of aliphatic imine (C=N–C) groups is 1. The monoisotopic (exact) mass is 442 g/mol. The molecule has 1 aliphatic carbocycles. The average molecular weight is 443 g/mol. The van der Waals surface area contributed by atoms with Crippen LogP contribution in [0.5, 0.6) is 5.75 Å². The Morgan fingerprint density at radius 3 is 2.53 bits per heavy atom. The highest BCUT2D eigenvalue weighted by Crippen LogP contribution is 2.40. The van der Waals surface area contributed by atoms with Crippen LogP contribution in [0.15, 0.2) is 29.3 Å². The molecule has 2 aromatic rings. The summed E-state index contributed by atoms with van der Waals surface area (Å²) in [5.74, 6) is 3.43. The number of aromatic nitrogens is 3. The summed E-state index contributed by atoms with van der Waals surface area (Å²) >= 11 is 0. The number of guanidine groups is 1. The van der Waals surface area contributed by atoms with Gasteiger partial charge in [0.1, 0.15) is 11.6 Å². The minimum atomic E-state index is 0.277. The van der Waals surface area contributed by atoms with Gasteiger partial charge >= 0.3 is 0 Å².